The monoisotopic (exact) mass is 546 g/mol. The normalized spacial score (nSPS) is 24.6. The maximum absolute atomic E-state index is 12.8. The first-order valence-electron chi connectivity index (χ1n) is 11.9. The lowest BCUT2D eigenvalue weighted by atomic mass is 9.96. The van der Waals surface area contributed by atoms with Crippen LogP contribution in [0.4, 0.5) is 26.3 Å². The zero-order valence-electron chi connectivity index (χ0n) is 20.2. The summed E-state index contributed by atoms with van der Waals surface area (Å²) in [6, 6.07) is 18.1. The number of carbonyl (C=O) groups is 2. The number of carboxylic acid groups (broad SMARTS) is 2. The Morgan fingerprint density at radius 1 is 0.632 bits per heavy atom. The second kappa shape index (κ2) is 12.2. The summed E-state index contributed by atoms with van der Waals surface area (Å²) in [7, 11) is 0. The van der Waals surface area contributed by atoms with Gasteiger partial charge >= 0.3 is 24.3 Å². The van der Waals surface area contributed by atoms with Crippen molar-refractivity contribution in [3.63, 3.8) is 0 Å². The molecule has 38 heavy (non-hydrogen) atoms. The van der Waals surface area contributed by atoms with Gasteiger partial charge in [-0.2, -0.15) is 26.3 Å². The molecule has 2 aliphatic rings. The van der Waals surface area contributed by atoms with Gasteiger partial charge in [0.1, 0.15) is 0 Å². The van der Waals surface area contributed by atoms with E-state index in [9.17, 15) is 35.9 Å². The number of hydrogen-bond donors (Lipinski definition) is 2. The van der Waals surface area contributed by atoms with Crippen LogP contribution < -0.4 is 0 Å². The molecule has 0 bridgehead atoms. The molecule has 2 fully saturated rings. The molecule has 0 radical (unpaired) electrons. The SMILES string of the molecule is O=C(O)[C@@H]1CN(Cc2ccccc2)C[C@H]1C(F)(F)F.O=C(O)[C@H]1CN(Cc2ccccc2)C[C@@H]1C(F)(F)F. The van der Waals surface area contributed by atoms with E-state index in [1.165, 1.54) is 0 Å². The Bertz CT molecular complexity index is 979. The van der Waals surface area contributed by atoms with Gasteiger partial charge in [0.15, 0.2) is 0 Å². The van der Waals surface area contributed by atoms with Gasteiger partial charge in [-0.3, -0.25) is 19.4 Å². The number of carboxylic acids is 2. The third-order valence-corrected chi connectivity index (χ3v) is 6.76. The van der Waals surface area contributed by atoms with Gasteiger partial charge in [0, 0.05) is 39.3 Å². The number of alkyl halides is 6. The number of hydrogen-bond acceptors (Lipinski definition) is 4. The summed E-state index contributed by atoms with van der Waals surface area (Å²) in [6.45, 7) is 0.0575. The topological polar surface area (TPSA) is 81.1 Å². The first kappa shape index (κ1) is 29.4. The molecule has 0 aromatic heterocycles. The molecule has 0 saturated carbocycles. The van der Waals surface area contributed by atoms with E-state index in [1.54, 1.807) is 34.1 Å². The van der Waals surface area contributed by atoms with E-state index in [1.807, 2.05) is 36.4 Å². The largest absolute Gasteiger partial charge is 0.481 e. The Hall–Kier alpha value is -3.12. The lowest BCUT2D eigenvalue weighted by Gasteiger charge is -2.18. The van der Waals surface area contributed by atoms with E-state index in [0.29, 0.717) is 13.1 Å². The standard InChI is InChI=1S/2C13H14F3NO2/c2*14-13(15,16)11-8-17(7-10(11)12(18)19)6-9-4-2-1-3-5-9/h2*1-5,10-11H,6-8H2,(H,18,19)/t2*10-,11-/m10/s1. The molecule has 2 aliphatic heterocycles. The predicted molar refractivity (Wildman–Crippen MR) is 125 cm³/mol. The fourth-order valence-corrected chi connectivity index (χ4v) is 4.88. The molecule has 0 spiro atoms. The highest BCUT2D eigenvalue weighted by Crippen LogP contribution is 2.39. The van der Waals surface area contributed by atoms with Crippen molar-refractivity contribution in [3.8, 4) is 0 Å². The second-order valence-electron chi connectivity index (χ2n) is 9.55. The van der Waals surface area contributed by atoms with Crippen LogP contribution in [0.5, 0.6) is 0 Å². The van der Waals surface area contributed by atoms with Crippen LogP contribution in [0.2, 0.25) is 0 Å². The maximum atomic E-state index is 12.8. The highest BCUT2D eigenvalue weighted by atomic mass is 19.4. The van der Waals surface area contributed by atoms with Gasteiger partial charge in [0.25, 0.3) is 0 Å². The lowest BCUT2D eigenvalue weighted by Crippen LogP contribution is -2.33. The zero-order chi connectivity index (χ0) is 28.1. The minimum atomic E-state index is -4.46. The molecular formula is C26H28F6N2O4. The summed E-state index contributed by atoms with van der Waals surface area (Å²) in [6.07, 6.45) is -8.93. The molecule has 2 aromatic carbocycles. The molecule has 2 aromatic rings. The minimum absolute atomic E-state index is 0.0611. The van der Waals surface area contributed by atoms with Gasteiger partial charge in [0.05, 0.1) is 23.7 Å². The van der Waals surface area contributed by atoms with Crippen molar-refractivity contribution in [2.45, 2.75) is 25.4 Å². The first-order chi connectivity index (χ1) is 17.8. The molecule has 2 saturated heterocycles. The predicted octanol–water partition coefficient (Wildman–Crippen LogP) is 4.76. The molecule has 208 valence electrons. The number of likely N-dealkylation sites (tertiary alicyclic amines) is 2. The second-order valence-corrected chi connectivity index (χ2v) is 9.55. The minimum Gasteiger partial charge on any atom is -0.481 e. The Morgan fingerprint density at radius 2 is 0.947 bits per heavy atom. The number of nitrogens with zero attached hydrogens (tertiary/aromatic N) is 2. The summed E-state index contributed by atoms with van der Waals surface area (Å²) in [5, 5.41) is 17.8. The first-order valence-corrected chi connectivity index (χ1v) is 11.9. The molecule has 4 atom stereocenters. The van der Waals surface area contributed by atoms with Gasteiger partial charge in [-0.1, -0.05) is 60.7 Å². The third kappa shape index (κ3) is 7.94. The van der Waals surface area contributed by atoms with E-state index < -0.39 is 48.0 Å². The van der Waals surface area contributed by atoms with Gasteiger partial charge in [-0.25, -0.2) is 0 Å². The van der Waals surface area contributed by atoms with Crippen molar-refractivity contribution in [1.82, 2.24) is 9.80 Å². The summed E-state index contributed by atoms with van der Waals surface area (Å²) in [5.74, 6) is -9.06. The molecule has 4 rings (SSSR count). The van der Waals surface area contributed by atoms with Gasteiger partial charge in [-0.15, -0.1) is 0 Å². The van der Waals surface area contributed by atoms with Crippen LogP contribution in [0.3, 0.4) is 0 Å². The Labute approximate surface area is 215 Å². The number of rotatable bonds is 6. The van der Waals surface area contributed by atoms with Crippen LogP contribution in [-0.4, -0.2) is 70.5 Å². The molecule has 2 N–H and O–H groups in total. The average molecular weight is 547 g/mol. The Balaban J connectivity index is 0.000000211. The van der Waals surface area contributed by atoms with Crippen LogP contribution >= 0.6 is 0 Å². The smallest absolute Gasteiger partial charge is 0.393 e. The van der Waals surface area contributed by atoms with Crippen LogP contribution in [-0.2, 0) is 22.7 Å². The lowest BCUT2D eigenvalue weighted by molar-refractivity contribution is -0.188. The summed E-state index contributed by atoms with van der Waals surface area (Å²) in [4.78, 5) is 25.0. The van der Waals surface area contributed by atoms with Gasteiger partial charge < -0.3 is 10.2 Å². The summed E-state index contributed by atoms with van der Waals surface area (Å²) in [5.41, 5.74) is 1.77. The molecule has 0 unspecified atom stereocenters. The molecule has 0 aliphatic carbocycles. The number of halogens is 6. The molecule has 6 nitrogen and oxygen atoms in total. The third-order valence-electron chi connectivity index (χ3n) is 6.76. The van der Waals surface area contributed by atoms with E-state index >= 15 is 0 Å². The van der Waals surface area contributed by atoms with E-state index in [2.05, 4.69) is 0 Å². The summed E-state index contributed by atoms with van der Waals surface area (Å²) >= 11 is 0. The maximum Gasteiger partial charge on any atom is 0.393 e. The number of benzene rings is 2. The van der Waals surface area contributed by atoms with Crippen molar-refractivity contribution in [2.24, 2.45) is 23.7 Å². The Morgan fingerprint density at radius 3 is 1.18 bits per heavy atom. The molecular weight excluding hydrogens is 518 g/mol. The number of aliphatic carboxylic acids is 2. The van der Waals surface area contributed by atoms with Crippen LogP contribution in [0.15, 0.2) is 60.7 Å². The highest BCUT2D eigenvalue weighted by molar-refractivity contribution is 5.71. The molecule has 0 amide bonds. The average Bonchev–Trinajstić information content (AvgIpc) is 3.46. The van der Waals surface area contributed by atoms with Crippen molar-refractivity contribution in [2.75, 3.05) is 26.2 Å². The van der Waals surface area contributed by atoms with Crippen LogP contribution in [0, 0.1) is 23.7 Å². The Kier molecular flexibility index (Phi) is 9.42. The fraction of sp³-hybridized carbons (Fsp3) is 0.462. The highest BCUT2D eigenvalue weighted by Gasteiger charge is 2.53. The van der Waals surface area contributed by atoms with Crippen LogP contribution in [0.1, 0.15) is 11.1 Å². The van der Waals surface area contributed by atoms with E-state index in [4.69, 9.17) is 10.2 Å². The van der Waals surface area contributed by atoms with Crippen LogP contribution in [0.25, 0.3) is 0 Å². The fourth-order valence-electron chi connectivity index (χ4n) is 4.88. The van der Waals surface area contributed by atoms with E-state index in [0.717, 1.165) is 11.1 Å². The zero-order valence-corrected chi connectivity index (χ0v) is 20.2. The van der Waals surface area contributed by atoms with Crippen molar-refractivity contribution < 1.29 is 46.1 Å². The van der Waals surface area contributed by atoms with Crippen molar-refractivity contribution in [3.05, 3.63) is 71.8 Å². The van der Waals surface area contributed by atoms with Gasteiger partial charge in [-0.05, 0) is 11.1 Å². The molecule has 2 heterocycles. The van der Waals surface area contributed by atoms with Gasteiger partial charge in [0.2, 0.25) is 0 Å². The quantitative estimate of drug-likeness (QED) is 0.509. The summed E-state index contributed by atoms with van der Waals surface area (Å²) < 4.78 is 76.8. The van der Waals surface area contributed by atoms with Crippen molar-refractivity contribution in [1.29, 1.82) is 0 Å². The molecule has 12 heteroatoms. The van der Waals surface area contributed by atoms with E-state index in [-0.39, 0.29) is 26.2 Å². The van der Waals surface area contributed by atoms with Crippen molar-refractivity contribution >= 4 is 11.9 Å².